The van der Waals surface area contributed by atoms with Gasteiger partial charge in [0.25, 0.3) is 0 Å². The molecule has 1 aromatic heterocycles. The Balaban J connectivity index is 0.00000341. The molecule has 1 unspecified atom stereocenters. The molecule has 0 saturated carbocycles. The van der Waals surface area contributed by atoms with Gasteiger partial charge in [0, 0.05) is 30.7 Å². The first-order valence-corrected chi connectivity index (χ1v) is 10.6. The molecule has 0 aliphatic rings. The number of hydrogen-bond acceptors (Lipinski definition) is 3. The summed E-state index contributed by atoms with van der Waals surface area (Å²) in [4.78, 5) is 7.98. The van der Waals surface area contributed by atoms with Gasteiger partial charge < -0.3 is 25.5 Å². The standard InChI is InChI=1S/C24H32N4O2.HI/c1-4-25-24(26-14-13-20-15-19-7-5-6-8-22(19)28-20)27-16-23(29)18-9-11-21(12-10-18)30-17(2)3;/h5-12,15,17,23,28-29H,4,13-14,16H2,1-3H3,(H2,25,26,27);1H. The highest BCUT2D eigenvalue weighted by Crippen LogP contribution is 2.19. The van der Waals surface area contributed by atoms with E-state index < -0.39 is 6.10 Å². The lowest BCUT2D eigenvalue weighted by Gasteiger charge is -2.14. The van der Waals surface area contributed by atoms with Crippen molar-refractivity contribution < 1.29 is 9.84 Å². The number of para-hydroxylation sites is 1. The molecule has 6 nitrogen and oxygen atoms in total. The van der Waals surface area contributed by atoms with Crippen molar-refractivity contribution in [2.75, 3.05) is 19.6 Å². The second-order valence-electron chi connectivity index (χ2n) is 7.53. The Bertz CT molecular complexity index is 921. The number of nitrogens with one attached hydrogen (secondary N) is 3. The van der Waals surface area contributed by atoms with Gasteiger partial charge in [-0.3, -0.25) is 4.99 Å². The summed E-state index contributed by atoms with van der Waals surface area (Å²) in [5.74, 6) is 1.50. The van der Waals surface area contributed by atoms with Crippen LogP contribution >= 0.6 is 24.0 Å². The van der Waals surface area contributed by atoms with Crippen LogP contribution in [0.3, 0.4) is 0 Å². The number of nitrogens with zero attached hydrogens (tertiary/aromatic N) is 1. The lowest BCUT2D eigenvalue weighted by Crippen LogP contribution is -2.38. The average Bonchev–Trinajstić information content (AvgIpc) is 3.14. The van der Waals surface area contributed by atoms with Crippen LogP contribution in [0.15, 0.2) is 59.6 Å². The van der Waals surface area contributed by atoms with Crippen LogP contribution in [0.2, 0.25) is 0 Å². The number of aliphatic hydroxyl groups excluding tert-OH is 1. The second kappa shape index (κ2) is 12.6. The highest BCUT2D eigenvalue weighted by Gasteiger charge is 2.09. The first-order valence-electron chi connectivity index (χ1n) is 10.6. The van der Waals surface area contributed by atoms with Gasteiger partial charge in [0.2, 0.25) is 0 Å². The fourth-order valence-electron chi connectivity index (χ4n) is 3.25. The number of ether oxygens (including phenoxy) is 1. The summed E-state index contributed by atoms with van der Waals surface area (Å²) in [6.45, 7) is 7.80. The van der Waals surface area contributed by atoms with Crippen molar-refractivity contribution in [3.8, 4) is 5.75 Å². The number of aromatic nitrogens is 1. The minimum atomic E-state index is -0.665. The molecule has 0 aliphatic heterocycles. The fourth-order valence-corrected chi connectivity index (χ4v) is 3.25. The van der Waals surface area contributed by atoms with Gasteiger partial charge in [-0.2, -0.15) is 0 Å². The molecular formula is C24H33IN4O2. The largest absolute Gasteiger partial charge is 0.491 e. The molecule has 0 amide bonds. The van der Waals surface area contributed by atoms with Crippen LogP contribution in [0.5, 0.6) is 5.75 Å². The molecule has 0 saturated heterocycles. The second-order valence-corrected chi connectivity index (χ2v) is 7.53. The van der Waals surface area contributed by atoms with Crippen molar-refractivity contribution >= 4 is 40.8 Å². The van der Waals surface area contributed by atoms with E-state index in [-0.39, 0.29) is 36.6 Å². The lowest BCUT2D eigenvalue weighted by molar-refractivity contribution is 0.186. The number of guanidine groups is 1. The number of halogens is 1. The molecule has 7 heteroatoms. The van der Waals surface area contributed by atoms with E-state index in [0.29, 0.717) is 5.96 Å². The van der Waals surface area contributed by atoms with E-state index in [2.05, 4.69) is 38.8 Å². The summed E-state index contributed by atoms with van der Waals surface area (Å²) >= 11 is 0. The van der Waals surface area contributed by atoms with Gasteiger partial charge in [0.05, 0.1) is 18.8 Å². The van der Waals surface area contributed by atoms with Gasteiger partial charge in [-0.25, -0.2) is 0 Å². The zero-order valence-electron chi connectivity index (χ0n) is 18.4. The topological polar surface area (TPSA) is 81.7 Å². The Kier molecular flexibility index (Phi) is 10.1. The summed E-state index contributed by atoms with van der Waals surface area (Å²) in [6, 6.07) is 18.0. The smallest absolute Gasteiger partial charge is 0.191 e. The molecule has 1 atom stereocenters. The third-order valence-electron chi connectivity index (χ3n) is 4.68. The van der Waals surface area contributed by atoms with Gasteiger partial charge in [0.1, 0.15) is 5.75 Å². The molecule has 1 heterocycles. The van der Waals surface area contributed by atoms with E-state index in [1.54, 1.807) is 0 Å². The van der Waals surface area contributed by atoms with Crippen molar-refractivity contribution in [3.05, 3.63) is 65.9 Å². The molecule has 0 aliphatic carbocycles. The summed E-state index contributed by atoms with van der Waals surface area (Å²) in [5, 5.41) is 18.3. The van der Waals surface area contributed by atoms with Crippen molar-refractivity contribution in [1.82, 2.24) is 15.6 Å². The predicted molar refractivity (Wildman–Crippen MR) is 139 cm³/mol. The number of hydrogen-bond donors (Lipinski definition) is 4. The molecule has 31 heavy (non-hydrogen) atoms. The molecule has 168 valence electrons. The number of aliphatic hydroxyl groups is 1. The monoisotopic (exact) mass is 536 g/mol. The molecule has 0 spiro atoms. The zero-order valence-corrected chi connectivity index (χ0v) is 20.7. The predicted octanol–water partition coefficient (Wildman–Crippen LogP) is 4.40. The van der Waals surface area contributed by atoms with E-state index in [1.807, 2.05) is 57.2 Å². The summed E-state index contributed by atoms with van der Waals surface area (Å²) in [5.41, 5.74) is 3.16. The van der Waals surface area contributed by atoms with Gasteiger partial charge >= 0.3 is 0 Å². The third-order valence-corrected chi connectivity index (χ3v) is 4.68. The quantitative estimate of drug-likeness (QED) is 0.186. The van der Waals surface area contributed by atoms with Crippen LogP contribution in [0, 0.1) is 0 Å². The van der Waals surface area contributed by atoms with E-state index in [0.717, 1.165) is 36.3 Å². The SMILES string of the molecule is CCNC(=NCC(O)c1ccc(OC(C)C)cc1)NCCc1cc2ccccc2[nH]1.I. The summed E-state index contributed by atoms with van der Waals surface area (Å²) in [6.07, 6.45) is 0.324. The first kappa shape index (κ1) is 25.0. The van der Waals surface area contributed by atoms with Crippen molar-refractivity contribution in [1.29, 1.82) is 0 Å². The minimum Gasteiger partial charge on any atom is -0.491 e. The first-order chi connectivity index (χ1) is 14.5. The maximum atomic E-state index is 10.5. The molecule has 3 aromatic rings. The fraction of sp³-hybridized carbons (Fsp3) is 0.375. The maximum absolute atomic E-state index is 10.5. The summed E-state index contributed by atoms with van der Waals surface area (Å²) in [7, 11) is 0. The highest BCUT2D eigenvalue weighted by atomic mass is 127. The van der Waals surface area contributed by atoms with Crippen LogP contribution in [-0.4, -0.2) is 41.8 Å². The number of aliphatic imine (C=N–C) groups is 1. The molecule has 4 N–H and O–H groups in total. The maximum Gasteiger partial charge on any atom is 0.191 e. The van der Waals surface area contributed by atoms with Crippen molar-refractivity contribution in [2.45, 2.75) is 39.4 Å². The zero-order chi connectivity index (χ0) is 21.3. The highest BCUT2D eigenvalue weighted by molar-refractivity contribution is 14.0. The van der Waals surface area contributed by atoms with E-state index >= 15 is 0 Å². The Morgan fingerprint density at radius 1 is 1.10 bits per heavy atom. The number of fused-ring (bicyclic) bond motifs is 1. The molecule has 2 aromatic carbocycles. The van der Waals surface area contributed by atoms with Gasteiger partial charge in [-0.15, -0.1) is 24.0 Å². The third kappa shape index (κ3) is 7.74. The minimum absolute atomic E-state index is 0. The van der Waals surface area contributed by atoms with Crippen LogP contribution < -0.4 is 15.4 Å². The number of H-pyrrole nitrogens is 1. The van der Waals surface area contributed by atoms with E-state index in [4.69, 9.17) is 4.74 Å². The number of aromatic amines is 1. The van der Waals surface area contributed by atoms with E-state index in [9.17, 15) is 5.11 Å². The normalized spacial score (nSPS) is 12.5. The molecule has 3 rings (SSSR count). The van der Waals surface area contributed by atoms with Crippen molar-refractivity contribution in [3.63, 3.8) is 0 Å². The van der Waals surface area contributed by atoms with Crippen LogP contribution in [0.25, 0.3) is 10.9 Å². The van der Waals surface area contributed by atoms with Crippen molar-refractivity contribution in [2.24, 2.45) is 4.99 Å². The van der Waals surface area contributed by atoms with Crippen LogP contribution in [-0.2, 0) is 6.42 Å². The molecular weight excluding hydrogens is 503 g/mol. The van der Waals surface area contributed by atoms with E-state index in [1.165, 1.54) is 11.1 Å². The van der Waals surface area contributed by atoms with Crippen LogP contribution in [0.1, 0.15) is 38.1 Å². The number of rotatable bonds is 9. The average molecular weight is 536 g/mol. The molecule has 0 radical (unpaired) electrons. The Morgan fingerprint density at radius 2 is 1.84 bits per heavy atom. The van der Waals surface area contributed by atoms with Crippen LogP contribution in [0.4, 0.5) is 0 Å². The van der Waals surface area contributed by atoms with Gasteiger partial charge in [0.15, 0.2) is 5.96 Å². The van der Waals surface area contributed by atoms with Gasteiger partial charge in [-0.1, -0.05) is 30.3 Å². The lowest BCUT2D eigenvalue weighted by atomic mass is 10.1. The Labute approximate surface area is 201 Å². The van der Waals surface area contributed by atoms with Gasteiger partial charge in [-0.05, 0) is 56.0 Å². The molecule has 0 bridgehead atoms. The molecule has 0 fully saturated rings. The number of benzene rings is 2. The summed E-state index contributed by atoms with van der Waals surface area (Å²) < 4.78 is 5.65. The Morgan fingerprint density at radius 3 is 2.52 bits per heavy atom. The Hall–Kier alpha value is -2.26.